The topological polar surface area (TPSA) is 49.6 Å². The summed E-state index contributed by atoms with van der Waals surface area (Å²) in [7, 11) is 1.89. The molecule has 0 radical (unpaired) electrons. The molecule has 2 heterocycles. The Labute approximate surface area is 119 Å². The zero-order valence-electron chi connectivity index (χ0n) is 11.5. The standard InChI is InChI=1S/C14H23N3OS/c1-16(7-6-13-3-2-10-19-13)14(18)11-17-8-4-12(15)5-9-17/h2-3,10,12H,4-9,11,15H2,1H3. The average molecular weight is 281 g/mol. The van der Waals surface area contributed by atoms with Crippen LogP contribution in [0.5, 0.6) is 0 Å². The second-order valence-electron chi connectivity index (χ2n) is 5.26. The number of nitrogens with zero attached hydrogens (tertiary/aromatic N) is 2. The number of thiophene rings is 1. The van der Waals surface area contributed by atoms with E-state index in [2.05, 4.69) is 22.4 Å². The highest BCUT2D eigenvalue weighted by Gasteiger charge is 2.19. The van der Waals surface area contributed by atoms with Crippen LogP contribution in [0.3, 0.4) is 0 Å². The van der Waals surface area contributed by atoms with Crippen molar-refractivity contribution in [1.82, 2.24) is 9.80 Å². The van der Waals surface area contributed by atoms with Crippen molar-refractivity contribution in [3.05, 3.63) is 22.4 Å². The van der Waals surface area contributed by atoms with E-state index in [0.717, 1.165) is 38.9 Å². The van der Waals surface area contributed by atoms with Crippen LogP contribution in [0.2, 0.25) is 0 Å². The zero-order valence-corrected chi connectivity index (χ0v) is 12.4. The fraction of sp³-hybridized carbons (Fsp3) is 0.643. The first-order valence-corrected chi connectivity index (χ1v) is 7.77. The summed E-state index contributed by atoms with van der Waals surface area (Å²) in [6.45, 7) is 3.23. The molecule has 0 aliphatic carbocycles. The maximum Gasteiger partial charge on any atom is 0.236 e. The summed E-state index contributed by atoms with van der Waals surface area (Å²) >= 11 is 1.75. The molecular weight excluding hydrogens is 258 g/mol. The highest BCUT2D eigenvalue weighted by atomic mass is 32.1. The quantitative estimate of drug-likeness (QED) is 0.881. The predicted molar refractivity (Wildman–Crippen MR) is 79.3 cm³/mol. The zero-order chi connectivity index (χ0) is 13.7. The number of nitrogens with two attached hydrogens (primary N) is 1. The van der Waals surface area contributed by atoms with E-state index in [1.54, 1.807) is 11.3 Å². The third-order valence-electron chi connectivity index (χ3n) is 3.69. The van der Waals surface area contributed by atoms with Crippen LogP contribution < -0.4 is 5.73 Å². The molecule has 2 N–H and O–H groups in total. The second-order valence-corrected chi connectivity index (χ2v) is 6.29. The van der Waals surface area contributed by atoms with Crippen LogP contribution in [0.25, 0.3) is 0 Å². The van der Waals surface area contributed by atoms with Crippen LogP contribution >= 0.6 is 11.3 Å². The lowest BCUT2D eigenvalue weighted by Gasteiger charge is -2.30. The van der Waals surface area contributed by atoms with E-state index in [1.165, 1.54) is 4.88 Å². The molecule has 1 saturated heterocycles. The SMILES string of the molecule is CN(CCc1cccs1)C(=O)CN1CCC(N)CC1. The summed E-state index contributed by atoms with van der Waals surface area (Å²) in [5, 5.41) is 2.08. The van der Waals surface area contributed by atoms with E-state index >= 15 is 0 Å². The lowest BCUT2D eigenvalue weighted by molar-refractivity contribution is -0.131. The lowest BCUT2D eigenvalue weighted by Crippen LogP contribution is -2.45. The smallest absolute Gasteiger partial charge is 0.236 e. The predicted octanol–water partition coefficient (Wildman–Crippen LogP) is 1.17. The van der Waals surface area contributed by atoms with Gasteiger partial charge in [-0.25, -0.2) is 0 Å². The molecular formula is C14H23N3OS. The number of carbonyl (C=O) groups excluding carboxylic acids is 1. The average Bonchev–Trinajstić information content (AvgIpc) is 2.91. The van der Waals surface area contributed by atoms with Gasteiger partial charge in [0.25, 0.3) is 0 Å². The Kier molecular flexibility index (Phi) is 5.36. The molecule has 2 rings (SSSR count). The van der Waals surface area contributed by atoms with Gasteiger partial charge in [-0.1, -0.05) is 6.07 Å². The number of carbonyl (C=O) groups is 1. The number of likely N-dealkylation sites (tertiary alicyclic amines) is 1. The van der Waals surface area contributed by atoms with Crippen LogP contribution in [-0.2, 0) is 11.2 Å². The van der Waals surface area contributed by atoms with Gasteiger partial charge in [-0.15, -0.1) is 11.3 Å². The molecule has 0 unspecified atom stereocenters. The Bertz CT molecular complexity index is 385. The van der Waals surface area contributed by atoms with Crippen LogP contribution in [0.4, 0.5) is 0 Å². The fourth-order valence-electron chi connectivity index (χ4n) is 2.28. The van der Waals surface area contributed by atoms with Crippen molar-refractivity contribution >= 4 is 17.2 Å². The fourth-order valence-corrected chi connectivity index (χ4v) is 2.98. The number of hydrogen-bond donors (Lipinski definition) is 1. The van der Waals surface area contributed by atoms with Gasteiger partial charge >= 0.3 is 0 Å². The molecule has 1 amide bonds. The highest BCUT2D eigenvalue weighted by molar-refractivity contribution is 7.09. The Morgan fingerprint density at radius 3 is 2.89 bits per heavy atom. The van der Waals surface area contributed by atoms with Gasteiger partial charge in [-0.05, 0) is 30.7 Å². The van der Waals surface area contributed by atoms with Gasteiger partial charge in [0.05, 0.1) is 6.54 Å². The Balaban J connectivity index is 1.70. The van der Waals surface area contributed by atoms with Crippen LogP contribution in [0.15, 0.2) is 17.5 Å². The number of likely N-dealkylation sites (N-methyl/N-ethyl adjacent to an activating group) is 1. The molecule has 1 aromatic rings. The first-order chi connectivity index (χ1) is 9.15. The molecule has 1 aromatic heterocycles. The molecule has 0 saturated carbocycles. The Morgan fingerprint density at radius 2 is 2.26 bits per heavy atom. The van der Waals surface area contributed by atoms with Gasteiger partial charge < -0.3 is 10.6 Å². The van der Waals surface area contributed by atoms with Crippen LogP contribution in [0.1, 0.15) is 17.7 Å². The Hall–Kier alpha value is -0.910. The largest absolute Gasteiger partial charge is 0.344 e. The normalized spacial score (nSPS) is 17.6. The number of hydrogen-bond acceptors (Lipinski definition) is 4. The van der Waals surface area contributed by atoms with Crippen molar-refractivity contribution < 1.29 is 4.79 Å². The van der Waals surface area contributed by atoms with Gasteiger partial charge in [-0.3, -0.25) is 9.69 Å². The molecule has 0 spiro atoms. The third kappa shape index (κ3) is 4.60. The Morgan fingerprint density at radius 1 is 1.53 bits per heavy atom. The van der Waals surface area contributed by atoms with Gasteiger partial charge in [0, 0.05) is 37.6 Å². The number of rotatable bonds is 5. The van der Waals surface area contributed by atoms with Crippen LogP contribution in [0, 0.1) is 0 Å². The van der Waals surface area contributed by atoms with Gasteiger partial charge in [0.2, 0.25) is 5.91 Å². The van der Waals surface area contributed by atoms with Gasteiger partial charge in [0.15, 0.2) is 0 Å². The summed E-state index contributed by atoms with van der Waals surface area (Å²) in [4.78, 5) is 17.5. The highest BCUT2D eigenvalue weighted by Crippen LogP contribution is 2.10. The molecule has 106 valence electrons. The molecule has 1 aliphatic rings. The molecule has 4 nitrogen and oxygen atoms in total. The van der Waals surface area contributed by atoms with Crippen molar-refractivity contribution in [3.63, 3.8) is 0 Å². The summed E-state index contributed by atoms with van der Waals surface area (Å²) < 4.78 is 0. The van der Waals surface area contributed by atoms with Gasteiger partial charge in [-0.2, -0.15) is 0 Å². The third-order valence-corrected chi connectivity index (χ3v) is 4.63. The van der Waals surface area contributed by atoms with Crippen molar-refractivity contribution in [2.75, 3.05) is 33.2 Å². The molecule has 1 aliphatic heterocycles. The van der Waals surface area contributed by atoms with E-state index in [0.29, 0.717) is 12.6 Å². The molecule has 5 heteroatoms. The summed E-state index contributed by atoms with van der Waals surface area (Å²) in [6, 6.07) is 4.50. The molecule has 19 heavy (non-hydrogen) atoms. The number of amides is 1. The van der Waals surface area contributed by atoms with Gasteiger partial charge in [0.1, 0.15) is 0 Å². The number of piperidine rings is 1. The minimum absolute atomic E-state index is 0.215. The van der Waals surface area contributed by atoms with E-state index in [9.17, 15) is 4.79 Å². The molecule has 0 atom stereocenters. The first kappa shape index (κ1) is 14.5. The van der Waals surface area contributed by atoms with Crippen molar-refractivity contribution in [2.24, 2.45) is 5.73 Å². The monoisotopic (exact) mass is 281 g/mol. The molecule has 0 bridgehead atoms. The molecule has 0 aromatic carbocycles. The van der Waals surface area contributed by atoms with Crippen LogP contribution in [-0.4, -0.2) is 55.0 Å². The first-order valence-electron chi connectivity index (χ1n) is 6.89. The van der Waals surface area contributed by atoms with E-state index < -0.39 is 0 Å². The van der Waals surface area contributed by atoms with E-state index in [4.69, 9.17) is 5.73 Å². The summed E-state index contributed by atoms with van der Waals surface area (Å²) in [5.74, 6) is 0.215. The second kappa shape index (κ2) is 7.03. The maximum atomic E-state index is 12.1. The van der Waals surface area contributed by atoms with Crippen molar-refractivity contribution in [2.45, 2.75) is 25.3 Å². The molecule has 1 fully saturated rings. The summed E-state index contributed by atoms with van der Waals surface area (Å²) in [5.41, 5.74) is 5.87. The lowest BCUT2D eigenvalue weighted by atomic mass is 10.1. The van der Waals surface area contributed by atoms with E-state index in [-0.39, 0.29) is 5.91 Å². The summed E-state index contributed by atoms with van der Waals surface area (Å²) in [6.07, 6.45) is 2.96. The van der Waals surface area contributed by atoms with Crippen molar-refractivity contribution in [1.29, 1.82) is 0 Å². The maximum absolute atomic E-state index is 12.1. The minimum Gasteiger partial charge on any atom is -0.344 e. The minimum atomic E-state index is 0.215. The van der Waals surface area contributed by atoms with E-state index in [1.807, 2.05) is 11.9 Å². The van der Waals surface area contributed by atoms with Crippen molar-refractivity contribution in [3.8, 4) is 0 Å².